The van der Waals surface area contributed by atoms with Gasteiger partial charge in [0, 0.05) is 12.6 Å². The third-order valence-corrected chi connectivity index (χ3v) is 3.10. The first kappa shape index (κ1) is 13.2. The molecule has 0 bridgehead atoms. The molecule has 1 N–H and O–H groups in total. The normalized spacial score (nSPS) is 23.7. The summed E-state index contributed by atoms with van der Waals surface area (Å²) in [6.07, 6.45) is 1.06. The molecule has 4 heteroatoms. The lowest BCUT2D eigenvalue weighted by molar-refractivity contribution is -0.0129. The average Bonchev–Trinajstić information content (AvgIpc) is 2.42. The molecule has 2 atom stereocenters. The number of nitrogens with one attached hydrogen (secondary N) is 1. The number of hydrogen-bond donors (Lipinski definition) is 1. The van der Waals surface area contributed by atoms with Crippen LogP contribution in [0.5, 0.6) is 11.5 Å². The van der Waals surface area contributed by atoms with Gasteiger partial charge in [-0.3, -0.25) is 0 Å². The zero-order valence-corrected chi connectivity index (χ0v) is 11.0. The van der Waals surface area contributed by atoms with Crippen LogP contribution in [0.2, 0.25) is 0 Å². The maximum absolute atomic E-state index is 5.95. The van der Waals surface area contributed by atoms with Crippen molar-refractivity contribution in [3.63, 3.8) is 0 Å². The molecule has 0 saturated carbocycles. The number of likely N-dealkylation sites (N-methyl/N-ethyl adjacent to an activating group) is 1. The Morgan fingerprint density at radius 2 is 2.00 bits per heavy atom. The highest BCUT2D eigenvalue weighted by Gasteiger charge is 2.25. The smallest absolute Gasteiger partial charge is 0.137 e. The summed E-state index contributed by atoms with van der Waals surface area (Å²) < 4.78 is 16.8. The minimum atomic E-state index is 0.0710. The molecule has 1 saturated heterocycles. The summed E-state index contributed by atoms with van der Waals surface area (Å²) in [7, 11) is 1.96. The molecule has 1 heterocycles. The fourth-order valence-corrected chi connectivity index (χ4v) is 2.11. The summed E-state index contributed by atoms with van der Waals surface area (Å²) in [6, 6.07) is 8.08. The lowest BCUT2D eigenvalue weighted by Crippen LogP contribution is -2.48. The number of rotatable bonds is 5. The molecule has 1 aromatic carbocycles. The number of ether oxygens (including phenoxy) is 3. The Bertz CT molecular complexity index is 353. The van der Waals surface area contributed by atoms with Crippen LogP contribution in [0.4, 0.5) is 0 Å². The molecule has 2 rings (SSSR count). The quantitative estimate of drug-likeness (QED) is 0.867. The standard InChI is InChI=1S/C14H21NO3/c1-3-17-11-4-6-12(7-5-11)18-14-10-16-9-8-13(14)15-2/h4-7,13-15H,3,8-10H2,1-2H3. The summed E-state index contributed by atoms with van der Waals surface area (Å²) in [5, 5.41) is 3.28. The lowest BCUT2D eigenvalue weighted by atomic mass is 10.1. The van der Waals surface area contributed by atoms with Gasteiger partial charge in [-0.15, -0.1) is 0 Å². The monoisotopic (exact) mass is 251 g/mol. The molecule has 1 aliphatic heterocycles. The van der Waals surface area contributed by atoms with E-state index >= 15 is 0 Å². The summed E-state index contributed by atoms with van der Waals surface area (Å²) in [4.78, 5) is 0. The second kappa shape index (κ2) is 6.61. The van der Waals surface area contributed by atoms with Gasteiger partial charge in [0.25, 0.3) is 0 Å². The van der Waals surface area contributed by atoms with Gasteiger partial charge in [0.1, 0.15) is 17.6 Å². The number of hydrogen-bond acceptors (Lipinski definition) is 4. The van der Waals surface area contributed by atoms with E-state index in [1.54, 1.807) is 0 Å². The van der Waals surface area contributed by atoms with E-state index in [4.69, 9.17) is 14.2 Å². The molecule has 1 fully saturated rings. The second-order valence-corrected chi connectivity index (χ2v) is 4.32. The van der Waals surface area contributed by atoms with Crippen molar-refractivity contribution in [3.05, 3.63) is 24.3 Å². The minimum Gasteiger partial charge on any atom is -0.494 e. The number of benzene rings is 1. The predicted octanol–water partition coefficient (Wildman–Crippen LogP) is 1.84. The van der Waals surface area contributed by atoms with E-state index in [-0.39, 0.29) is 6.10 Å². The highest BCUT2D eigenvalue weighted by Crippen LogP contribution is 2.21. The first-order valence-corrected chi connectivity index (χ1v) is 6.48. The molecular weight excluding hydrogens is 230 g/mol. The van der Waals surface area contributed by atoms with Crippen LogP contribution in [0.25, 0.3) is 0 Å². The van der Waals surface area contributed by atoms with E-state index in [1.807, 2.05) is 38.2 Å². The maximum atomic E-state index is 5.95. The molecule has 1 aliphatic rings. The van der Waals surface area contributed by atoms with E-state index in [2.05, 4.69) is 5.32 Å². The van der Waals surface area contributed by atoms with Crippen molar-refractivity contribution in [2.24, 2.45) is 0 Å². The zero-order chi connectivity index (χ0) is 12.8. The van der Waals surface area contributed by atoms with Gasteiger partial charge in [0.2, 0.25) is 0 Å². The van der Waals surface area contributed by atoms with Crippen LogP contribution in [0.15, 0.2) is 24.3 Å². The Kier molecular flexibility index (Phi) is 4.84. The predicted molar refractivity (Wildman–Crippen MR) is 70.3 cm³/mol. The van der Waals surface area contributed by atoms with E-state index in [0.717, 1.165) is 24.5 Å². The van der Waals surface area contributed by atoms with Gasteiger partial charge in [0.15, 0.2) is 0 Å². The van der Waals surface area contributed by atoms with Gasteiger partial charge in [-0.1, -0.05) is 0 Å². The van der Waals surface area contributed by atoms with Crippen molar-refractivity contribution in [1.29, 1.82) is 0 Å². The van der Waals surface area contributed by atoms with Crippen molar-refractivity contribution in [1.82, 2.24) is 5.32 Å². The SMILES string of the molecule is CCOc1ccc(OC2COCCC2NC)cc1. The molecule has 0 amide bonds. The molecule has 0 aromatic heterocycles. The van der Waals surface area contributed by atoms with Crippen molar-refractivity contribution in [3.8, 4) is 11.5 Å². The van der Waals surface area contributed by atoms with Crippen LogP contribution in [0.3, 0.4) is 0 Å². The molecule has 1 aromatic rings. The molecule has 0 aliphatic carbocycles. The Hall–Kier alpha value is -1.26. The third kappa shape index (κ3) is 3.37. The van der Waals surface area contributed by atoms with Crippen molar-refractivity contribution in [2.45, 2.75) is 25.5 Å². The average molecular weight is 251 g/mol. The summed E-state index contributed by atoms with van der Waals surface area (Å²) in [5.74, 6) is 1.73. The van der Waals surface area contributed by atoms with E-state index in [0.29, 0.717) is 19.3 Å². The van der Waals surface area contributed by atoms with Crippen LogP contribution in [-0.2, 0) is 4.74 Å². The first-order chi connectivity index (χ1) is 8.83. The second-order valence-electron chi connectivity index (χ2n) is 4.32. The maximum Gasteiger partial charge on any atom is 0.137 e. The highest BCUT2D eigenvalue weighted by molar-refractivity contribution is 5.31. The molecule has 18 heavy (non-hydrogen) atoms. The molecule has 100 valence electrons. The molecule has 0 spiro atoms. The van der Waals surface area contributed by atoms with E-state index in [9.17, 15) is 0 Å². The molecule has 4 nitrogen and oxygen atoms in total. The van der Waals surface area contributed by atoms with Crippen molar-refractivity contribution >= 4 is 0 Å². The van der Waals surface area contributed by atoms with Crippen LogP contribution in [0, 0.1) is 0 Å². The van der Waals surface area contributed by atoms with Gasteiger partial charge in [0.05, 0.1) is 13.2 Å². The topological polar surface area (TPSA) is 39.7 Å². The van der Waals surface area contributed by atoms with Gasteiger partial charge in [-0.05, 0) is 44.7 Å². The van der Waals surface area contributed by atoms with Gasteiger partial charge in [-0.2, -0.15) is 0 Å². The summed E-state index contributed by atoms with van der Waals surface area (Å²) >= 11 is 0. The fraction of sp³-hybridized carbons (Fsp3) is 0.571. The Morgan fingerprint density at radius 3 is 2.67 bits per heavy atom. The Morgan fingerprint density at radius 1 is 1.28 bits per heavy atom. The largest absolute Gasteiger partial charge is 0.494 e. The van der Waals surface area contributed by atoms with Crippen LogP contribution in [0.1, 0.15) is 13.3 Å². The third-order valence-electron chi connectivity index (χ3n) is 3.10. The summed E-state index contributed by atoms with van der Waals surface area (Å²) in [6.45, 7) is 4.09. The lowest BCUT2D eigenvalue weighted by Gasteiger charge is -2.31. The minimum absolute atomic E-state index is 0.0710. The first-order valence-electron chi connectivity index (χ1n) is 6.48. The van der Waals surface area contributed by atoms with Crippen LogP contribution in [-0.4, -0.2) is 39.0 Å². The van der Waals surface area contributed by atoms with Crippen LogP contribution < -0.4 is 14.8 Å². The van der Waals surface area contributed by atoms with Gasteiger partial charge >= 0.3 is 0 Å². The Balaban J connectivity index is 1.95. The zero-order valence-electron chi connectivity index (χ0n) is 11.0. The van der Waals surface area contributed by atoms with Crippen molar-refractivity contribution < 1.29 is 14.2 Å². The highest BCUT2D eigenvalue weighted by atomic mass is 16.5. The van der Waals surface area contributed by atoms with Crippen molar-refractivity contribution in [2.75, 3.05) is 26.9 Å². The van der Waals surface area contributed by atoms with E-state index in [1.165, 1.54) is 0 Å². The van der Waals surface area contributed by atoms with E-state index < -0.39 is 0 Å². The molecule has 2 unspecified atom stereocenters. The summed E-state index contributed by atoms with van der Waals surface area (Å²) in [5.41, 5.74) is 0. The van der Waals surface area contributed by atoms with Gasteiger partial charge < -0.3 is 19.5 Å². The Labute approximate surface area is 108 Å². The molecular formula is C14H21NO3. The van der Waals surface area contributed by atoms with Crippen LogP contribution >= 0.6 is 0 Å². The molecule has 0 radical (unpaired) electrons. The fourth-order valence-electron chi connectivity index (χ4n) is 2.11. The van der Waals surface area contributed by atoms with Gasteiger partial charge in [-0.25, -0.2) is 0 Å².